The molecule has 0 spiro atoms. The lowest BCUT2D eigenvalue weighted by Crippen LogP contribution is -2.16. The number of cyclic esters (lactones) is 1. The Bertz CT molecular complexity index is 342. The zero-order valence-electron chi connectivity index (χ0n) is 8.91. The second-order valence-electron chi connectivity index (χ2n) is 3.90. The maximum absolute atomic E-state index is 11.7. The molecule has 0 fully saturated rings. The quantitative estimate of drug-likeness (QED) is 0.484. The summed E-state index contributed by atoms with van der Waals surface area (Å²) in [5, 5.41) is 0. The van der Waals surface area contributed by atoms with Crippen molar-refractivity contribution < 1.29 is 19.1 Å². The Labute approximate surface area is 88.2 Å². The second kappa shape index (κ2) is 3.68. The standard InChI is InChI=1S/C11H14O4/c1-3-7-4-5-8(12)9-10(15-7)6(2)14-11(9)13/h6-7H,3-5H2,1-2H3. The van der Waals surface area contributed by atoms with Crippen LogP contribution < -0.4 is 0 Å². The van der Waals surface area contributed by atoms with Crippen LogP contribution in [0.5, 0.6) is 0 Å². The van der Waals surface area contributed by atoms with Crippen molar-refractivity contribution >= 4 is 11.8 Å². The van der Waals surface area contributed by atoms with Gasteiger partial charge in [-0.1, -0.05) is 6.92 Å². The molecule has 4 heteroatoms. The monoisotopic (exact) mass is 210 g/mol. The highest BCUT2D eigenvalue weighted by Gasteiger charge is 2.39. The predicted octanol–water partition coefficient (Wildman–Crippen LogP) is 1.34. The first-order valence-electron chi connectivity index (χ1n) is 5.28. The third kappa shape index (κ3) is 1.64. The maximum atomic E-state index is 11.7. The van der Waals surface area contributed by atoms with Gasteiger partial charge in [-0.3, -0.25) is 4.79 Å². The summed E-state index contributed by atoms with van der Waals surface area (Å²) in [6, 6.07) is 0. The number of ketones is 1. The number of hydrogen-bond donors (Lipinski definition) is 0. The summed E-state index contributed by atoms with van der Waals surface area (Å²) in [6.07, 6.45) is 1.51. The van der Waals surface area contributed by atoms with Crippen LogP contribution in [0.2, 0.25) is 0 Å². The molecule has 2 atom stereocenters. The van der Waals surface area contributed by atoms with Crippen molar-refractivity contribution in [1.29, 1.82) is 0 Å². The Morgan fingerprint density at radius 2 is 2.07 bits per heavy atom. The molecular weight excluding hydrogens is 196 g/mol. The summed E-state index contributed by atoms with van der Waals surface area (Å²) in [5.41, 5.74) is 0.137. The molecule has 0 saturated heterocycles. The van der Waals surface area contributed by atoms with Gasteiger partial charge in [0, 0.05) is 6.42 Å². The van der Waals surface area contributed by atoms with E-state index in [0.29, 0.717) is 18.6 Å². The largest absolute Gasteiger partial charge is 0.490 e. The van der Waals surface area contributed by atoms with Gasteiger partial charge in [0.25, 0.3) is 0 Å². The summed E-state index contributed by atoms with van der Waals surface area (Å²) >= 11 is 0. The molecule has 82 valence electrons. The third-order valence-electron chi connectivity index (χ3n) is 2.82. The average Bonchev–Trinajstić information content (AvgIpc) is 2.38. The highest BCUT2D eigenvalue weighted by Crippen LogP contribution is 2.31. The molecule has 0 bridgehead atoms. The van der Waals surface area contributed by atoms with Crippen molar-refractivity contribution in [1.82, 2.24) is 0 Å². The SMILES string of the molecule is CCC1CCC(=O)C2=C(O1)C(C)OC2=O. The molecule has 0 radical (unpaired) electrons. The Hall–Kier alpha value is -1.32. The van der Waals surface area contributed by atoms with Crippen LogP contribution in [0.25, 0.3) is 0 Å². The van der Waals surface area contributed by atoms with E-state index in [2.05, 4.69) is 0 Å². The first kappa shape index (κ1) is 10.2. The van der Waals surface area contributed by atoms with Gasteiger partial charge in [-0.05, 0) is 19.8 Å². The summed E-state index contributed by atoms with van der Waals surface area (Å²) in [4.78, 5) is 23.1. The van der Waals surface area contributed by atoms with Crippen LogP contribution in [0.4, 0.5) is 0 Å². The van der Waals surface area contributed by atoms with Gasteiger partial charge in [0.15, 0.2) is 17.6 Å². The Kier molecular flexibility index (Phi) is 2.50. The molecule has 0 N–H and O–H groups in total. The van der Waals surface area contributed by atoms with E-state index in [-0.39, 0.29) is 17.5 Å². The highest BCUT2D eigenvalue weighted by molar-refractivity contribution is 6.19. The first-order valence-corrected chi connectivity index (χ1v) is 5.28. The van der Waals surface area contributed by atoms with Crippen LogP contribution in [-0.2, 0) is 19.1 Å². The zero-order valence-corrected chi connectivity index (χ0v) is 8.91. The number of carbonyl (C=O) groups excluding carboxylic acids is 2. The maximum Gasteiger partial charge on any atom is 0.346 e. The van der Waals surface area contributed by atoms with Gasteiger partial charge in [0.1, 0.15) is 5.57 Å². The molecule has 0 saturated carbocycles. The number of rotatable bonds is 1. The topological polar surface area (TPSA) is 52.6 Å². The van der Waals surface area contributed by atoms with Gasteiger partial charge in [-0.2, -0.15) is 0 Å². The fraction of sp³-hybridized carbons (Fsp3) is 0.636. The fourth-order valence-corrected chi connectivity index (χ4v) is 1.93. The van der Waals surface area contributed by atoms with Gasteiger partial charge in [0.2, 0.25) is 0 Å². The van der Waals surface area contributed by atoms with Gasteiger partial charge < -0.3 is 9.47 Å². The lowest BCUT2D eigenvalue weighted by atomic mass is 10.1. The van der Waals surface area contributed by atoms with Gasteiger partial charge in [-0.15, -0.1) is 0 Å². The van der Waals surface area contributed by atoms with Crippen LogP contribution in [0.3, 0.4) is 0 Å². The van der Waals surface area contributed by atoms with E-state index in [9.17, 15) is 9.59 Å². The van der Waals surface area contributed by atoms with Gasteiger partial charge in [0.05, 0.1) is 6.10 Å². The molecule has 0 aromatic heterocycles. The molecule has 0 amide bonds. The first-order chi connectivity index (χ1) is 7.13. The number of hydrogen-bond acceptors (Lipinski definition) is 4. The van der Waals surface area contributed by atoms with Crippen molar-refractivity contribution in [2.75, 3.05) is 0 Å². The fourth-order valence-electron chi connectivity index (χ4n) is 1.93. The molecule has 4 nitrogen and oxygen atoms in total. The minimum absolute atomic E-state index is 0.0263. The van der Waals surface area contributed by atoms with Crippen molar-refractivity contribution in [2.45, 2.75) is 45.3 Å². The molecule has 2 heterocycles. The summed E-state index contributed by atoms with van der Waals surface area (Å²) < 4.78 is 10.6. The molecule has 0 aromatic carbocycles. The Balaban J connectivity index is 2.34. The zero-order chi connectivity index (χ0) is 11.0. The average molecular weight is 210 g/mol. The van der Waals surface area contributed by atoms with E-state index in [4.69, 9.17) is 9.47 Å². The number of esters is 1. The van der Waals surface area contributed by atoms with Gasteiger partial charge >= 0.3 is 5.97 Å². The lowest BCUT2D eigenvalue weighted by Gasteiger charge is -2.17. The van der Waals surface area contributed by atoms with E-state index in [1.807, 2.05) is 6.92 Å². The normalized spacial score (nSPS) is 30.8. The summed E-state index contributed by atoms with van der Waals surface area (Å²) in [7, 11) is 0. The minimum Gasteiger partial charge on any atom is -0.490 e. The smallest absolute Gasteiger partial charge is 0.346 e. The summed E-state index contributed by atoms with van der Waals surface area (Å²) in [5.74, 6) is -0.232. The van der Waals surface area contributed by atoms with Crippen molar-refractivity contribution in [3.63, 3.8) is 0 Å². The van der Waals surface area contributed by atoms with E-state index in [1.165, 1.54) is 0 Å². The Morgan fingerprint density at radius 1 is 1.33 bits per heavy atom. The van der Waals surface area contributed by atoms with Crippen molar-refractivity contribution in [3.8, 4) is 0 Å². The third-order valence-corrected chi connectivity index (χ3v) is 2.82. The van der Waals surface area contributed by atoms with Gasteiger partial charge in [-0.25, -0.2) is 4.79 Å². The predicted molar refractivity (Wildman–Crippen MR) is 52.0 cm³/mol. The van der Waals surface area contributed by atoms with Crippen LogP contribution in [0, 0.1) is 0 Å². The molecule has 2 aliphatic rings. The van der Waals surface area contributed by atoms with Crippen molar-refractivity contribution in [3.05, 3.63) is 11.3 Å². The molecule has 2 unspecified atom stereocenters. The molecule has 0 aliphatic carbocycles. The van der Waals surface area contributed by atoms with Crippen LogP contribution in [0.1, 0.15) is 33.1 Å². The molecule has 0 aromatic rings. The number of carbonyl (C=O) groups is 2. The molecule has 15 heavy (non-hydrogen) atoms. The molecular formula is C11H14O4. The minimum atomic E-state index is -0.528. The summed E-state index contributed by atoms with van der Waals surface area (Å²) in [6.45, 7) is 3.73. The van der Waals surface area contributed by atoms with E-state index in [0.717, 1.165) is 6.42 Å². The van der Waals surface area contributed by atoms with Crippen LogP contribution in [-0.4, -0.2) is 24.0 Å². The van der Waals surface area contributed by atoms with Crippen LogP contribution >= 0.6 is 0 Å². The van der Waals surface area contributed by atoms with E-state index < -0.39 is 12.1 Å². The second-order valence-corrected chi connectivity index (χ2v) is 3.90. The molecule has 2 rings (SSSR count). The van der Waals surface area contributed by atoms with Crippen molar-refractivity contribution in [2.24, 2.45) is 0 Å². The lowest BCUT2D eigenvalue weighted by molar-refractivity contribution is -0.141. The van der Waals surface area contributed by atoms with E-state index in [1.54, 1.807) is 6.92 Å². The number of Topliss-reactive ketones (excluding diaryl/α,β-unsaturated/α-hetero) is 1. The van der Waals surface area contributed by atoms with Crippen LogP contribution in [0.15, 0.2) is 11.3 Å². The Morgan fingerprint density at radius 3 is 2.73 bits per heavy atom. The highest BCUT2D eigenvalue weighted by atomic mass is 16.6. The number of ether oxygens (including phenoxy) is 2. The van der Waals surface area contributed by atoms with E-state index >= 15 is 0 Å². The molecule has 2 aliphatic heterocycles.